The van der Waals surface area contributed by atoms with Crippen LogP contribution in [0, 0.1) is 0 Å². The summed E-state index contributed by atoms with van der Waals surface area (Å²) in [6, 6.07) is 14.0. The van der Waals surface area contributed by atoms with Gasteiger partial charge >= 0.3 is 0 Å². The fourth-order valence-corrected chi connectivity index (χ4v) is 3.69. The van der Waals surface area contributed by atoms with Crippen molar-refractivity contribution in [1.29, 1.82) is 0 Å². The summed E-state index contributed by atoms with van der Waals surface area (Å²) < 4.78 is 12.6. The standard InChI is InChI=1S/C18H15N5O2S/c1-22(2)13-6-3-11(4-7-13)16-19-20-18-23(16)21-17(26-18)12-5-8-14-15(9-12)25-10-24-14/h3-9H,10H2,1-2H3. The number of hydrogen-bond acceptors (Lipinski definition) is 7. The van der Waals surface area contributed by atoms with Gasteiger partial charge in [0.25, 0.3) is 0 Å². The number of nitrogens with zero attached hydrogens (tertiary/aromatic N) is 5. The monoisotopic (exact) mass is 365 g/mol. The van der Waals surface area contributed by atoms with Crippen molar-refractivity contribution >= 4 is 22.0 Å². The smallest absolute Gasteiger partial charge is 0.235 e. The van der Waals surface area contributed by atoms with E-state index in [0.717, 1.165) is 44.1 Å². The number of ether oxygens (including phenoxy) is 2. The predicted octanol–water partition coefficient (Wildman–Crippen LogP) is 3.31. The van der Waals surface area contributed by atoms with E-state index in [9.17, 15) is 0 Å². The quantitative estimate of drug-likeness (QED) is 0.555. The molecule has 0 radical (unpaired) electrons. The van der Waals surface area contributed by atoms with Crippen LogP contribution >= 0.6 is 11.3 Å². The van der Waals surface area contributed by atoms with E-state index < -0.39 is 0 Å². The highest BCUT2D eigenvalue weighted by molar-refractivity contribution is 7.19. The number of rotatable bonds is 3. The maximum absolute atomic E-state index is 5.46. The Morgan fingerprint density at radius 2 is 1.73 bits per heavy atom. The fraction of sp³-hybridized carbons (Fsp3) is 0.167. The van der Waals surface area contributed by atoms with Gasteiger partial charge in [0.05, 0.1) is 0 Å². The molecule has 3 heterocycles. The molecule has 0 aliphatic carbocycles. The maximum Gasteiger partial charge on any atom is 0.235 e. The summed E-state index contributed by atoms with van der Waals surface area (Å²) in [5.41, 5.74) is 3.08. The summed E-state index contributed by atoms with van der Waals surface area (Å²) >= 11 is 1.49. The molecule has 2 aromatic heterocycles. The summed E-state index contributed by atoms with van der Waals surface area (Å²) in [5.74, 6) is 2.24. The van der Waals surface area contributed by atoms with Gasteiger partial charge in [-0.15, -0.1) is 10.2 Å². The zero-order valence-electron chi connectivity index (χ0n) is 14.2. The van der Waals surface area contributed by atoms with Crippen molar-refractivity contribution in [3.63, 3.8) is 0 Å². The van der Waals surface area contributed by atoms with Crippen LogP contribution in [0.2, 0.25) is 0 Å². The van der Waals surface area contributed by atoms with Gasteiger partial charge in [0.2, 0.25) is 11.8 Å². The summed E-state index contributed by atoms with van der Waals surface area (Å²) in [5, 5.41) is 14.1. The Labute approximate surface area is 153 Å². The number of hydrogen-bond donors (Lipinski definition) is 0. The first-order chi connectivity index (χ1) is 12.7. The van der Waals surface area contributed by atoms with Crippen molar-refractivity contribution in [1.82, 2.24) is 19.8 Å². The predicted molar refractivity (Wildman–Crippen MR) is 100.0 cm³/mol. The van der Waals surface area contributed by atoms with E-state index >= 15 is 0 Å². The van der Waals surface area contributed by atoms with E-state index in [2.05, 4.69) is 27.2 Å². The molecule has 8 heteroatoms. The minimum Gasteiger partial charge on any atom is -0.454 e. The molecular weight excluding hydrogens is 350 g/mol. The third-order valence-corrected chi connectivity index (χ3v) is 5.20. The van der Waals surface area contributed by atoms with Crippen molar-refractivity contribution in [2.45, 2.75) is 0 Å². The van der Waals surface area contributed by atoms with E-state index in [1.807, 2.05) is 44.4 Å². The van der Waals surface area contributed by atoms with Crippen molar-refractivity contribution in [2.75, 3.05) is 25.8 Å². The van der Waals surface area contributed by atoms with Crippen molar-refractivity contribution < 1.29 is 9.47 Å². The van der Waals surface area contributed by atoms with Crippen LogP contribution in [0.4, 0.5) is 5.69 Å². The first-order valence-corrected chi connectivity index (χ1v) is 8.91. The Morgan fingerprint density at radius 3 is 2.54 bits per heavy atom. The summed E-state index contributed by atoms with van der Waals surface area (Å²) in [6.07, 6.45) is 0. The molecule has 0 spiro atoms. The largest absolute Gasteiger partial charge is 0.454 e. The van der Waals surface area contributed by atoms with Gasteiger partial charge in [0, 0.05) is 30.9 Å². The number of fused-ring (bicyclic) bond motifs is 2. The highest BCUT2D eigenvalue weighted by Crippen LogP contribution is 2.37. The summed E-state index contributed by atoms with van der Waals surface area (Å²) in [6.45, 7) is 0.261. The molecule has 26 heavy (non-hydrogen) atoms. The zero-order chi connectivity index (χ0) is 17.7. The van der Waals surface area contributed by atoms with Crippen LogP contribution in [-0.4, -0.2) is 40.7 Å². The van der Waals surface area contributed by atoms with Gasteiger partial charge in [-0.2, -0.15) is 9.61 Å². The summed E-state index contributed by atoms with van der Waals surface area (Å²) in [7, 11) is 4.03. The lowest BCUT2D eigenvalue weighted by Crippen LogP contribution is -2.08. The Balaban J connectivity index is 1.55. The maximum atomic E-state index is 5.46. The molecule has 0 fully saturated rings. The lowest BCUT2D eigenvalue weighted by atomic mass is 10.2. The second-order valence-electron chi connectivity index (χ2n) is 6.13. The lowest BCUT2D eigenvalue weighted by molar-refractivity contribution is 0.174. The second kappa shape index (κ2) is 5.70. The van der Waals surface area contributed by atoms with Crippen LogP contribution in [0.5, 0.6) is 11.5 Å². The van der Waals surface area contributed by atoms with Gasteiger partial charge in [-0.25, -0.2) is 0 Å². The van der Waals surface area contributed by atoms with Crippen LogP contribution in [0.25, 0.3) is 26.9 Å². The molecule has 0 saturated carbocycles. The molecule has 130 valence electrons. The number of benzene rings is 2. The van der Waals surface area contributed by atoms with Crippen molar-refractivity contribution in [2.24, 2.45) is 0 Å². The zero-order valence-corrected chi connectivity index (χ0v) is 15.0. The lowest BCUT2D eigenvalue weighted by Gasteiger charge is -2.11. The van der Waals surface area contributed by atoms with Gasteiger partial charge in [0.15, 0.2) is 17.3 Å². The van der Waals surface area contributed by atoms with Crippen LogP contribution < -0.4 is 14.4 Å². The second-order valence-corrected chi connectivity index (χ2v) is 7.09. The molecule has 5 rings (SSSR count). The molecule has 0 unspecified atom stereocenters. The topological polar surface area (TPSA) is 64.8 Å². The van der Waals surface area contributed by atoms with Gasteiger partial charge in [-0.3, -0.25) is 0 Å². The molecule has 2 aromatic carbocycles. The van der Waals surface area contributed by atoms with Crippen LogP contribution in [0.15, 0.2) is 42.5 Å². The van der Waals surface area contributed by atoms with Crippen LogP contribution in [0.1, 0.15) is 0 Å². The van der Waals surface area contributed by atoms with Gasteiger partial charge < -0.3 is 14.4 Å². The van der Waals surface area contributed by atoms with Crippen LogP contribution in [0.3, 0.4) is 0 Å². The molecule has 1 aliphatic rings. The van der Waals surface area contributed by atoms with Crippen LogP contribution in [-0.2, 0) is 0 Å². The van der Waals surface area contributed by atoms with Gasteiger partial charge in [0.1, 0.15) is 5.01 Å². The highest BCUT2D eigenvalue weighted by atomic mass is 32.1. The van der Waals surface area contributed by atoms with E-state index in [0.29, 0.717) is 0 Å². The van der Waals surface area contributed by atoms with Gasteiger partial charge in [-0.1, -0.05) is 11.3 Å². The Morgan fingerprint density at radius 1 is 0.962 bits per heavy atom. The molecule has 0 N–H and O–H groups in total. The summed E-state index contributed by atoms with van der Waals surface area (Å²) in [4.78, 5) is 2.81. The van der Waals surface area contributed by atoms with Crippen molar-refractivity contribution in [3.05, 3.63) is 42.5 Å². The molecule has 7 nitrogen and oxygen atoms in total. The highest BCUT2D eigenvalue weighted by Gasteiger charge is 2.18. The van der Waals surface area contributed by atoms with Crippen molar-refractivity contribution in [3.8, 4) is 33.5 Å². The molecular formula is C18H15N5O2S. The third kappa shape index (κ3) is 2.38. The average molecular weight is 365 g/mol. The molecule has 0 bridgehead atoms. The minimum absolute atomic E-state index is 0.261. The van der Waals surface area contributed by atoms with E-state index in [-0.39, 0.29) is 6.79 Å². The van der Waals surface area contributed by atoms with Gasteiger partial charge in [-0.05, 0) is 42.5 Å². The van der Waals surface area contributed by atoms with E-state index in [1.54, 1.807) is 4.52 Å². The molecule has 4 aromatic rings. The minimum atomic E-state index is 0.261. The molecule has 0 saturated heterocycles. The van der Waals surface area contributed by atoms with E-state index in [4.69, 9.17) is 14.6 Å². The Kier molecular flexibility index (Phi) is 3.32. The molecule has 0 atom stereocenters. The fourth-order valence-electron chi connectivity index (χ4n) is 2.85. The number of aromatic nitrogens is 4. The average Bonchev–Trinajstić information content (AvgIpc) is 3.36. The third-order valence-electron chi connectivity index (χ3n) is 4.25. The van der Waals surface area contributed by atoms with E-state index in [1.165, 1.54) is 11.3 Å². The normalized spacial score (nSPS) is 12.7. The molecule has 1 aliphatic heterocycles. The SMILES string of the molecule is CN(C)c1ccc(-c2nnc3sc(-c4ccc5c(c4)OCO5)nn23)cc1. The first-order valence-electron chi connectivity index (χ1n) is 8.09. The number of anilines is 1. The Bertz CT molecular complexity index is 1100. The Hall–Kier alpha value is -3.13. The molecule has 0 amide bonds. The first kappa shape index (κ1) is 15.2.